The fourth-order valence-electron chi connectivity index (χ4n) is 3.65. The molecule has 0 saturated heterocycles. The maximum Gasteiger partial charge on any atom is 0.303 e. The molecular formula is C15H25NO3. The molecule has 4 unspecified atom stereocenters. The SMILES string of the molecule is CC(CCNC(=O)C1CC2CCC1C2)CCC(=O)O. The highest BCUT2D eigenvalue weighted by Gasteiger charge is 2.42. The molecule has 0 aromatic carbocycles. The summed E-state index contributed by atoms with van der Waals surface area (Å²) >= 11 is 0. The van der Waals surface area contributed by atoms with Gasteiger partial charge in [0.15, 0.2) is 0 Å². The number of carbonyl (C=O) groups is 2. The zero-order valence-corrected chi connectivity index (χ0v) is 11.7. The summed E-state index contributed by atoms with van der Waals surface area (Å²) in [4.78, 5) is 22.5. The lowest BCUT2D eigenvalue weighted by Gasteiger charge is -2.21. The van der Waals surface area contributed by atoms with Crippen LogP contribution in [0.5, 0.6) is 0 Å². The minimum absolute atomic E-state index is 0.224. The van der Waals surface area contributed by atoms with E-state index in [0.717, 1.165) is 18.8 Å². The molecule has 2 fully saturated rings. The van der Waals surface area contributed by atoms with Gasteiger partial charge in [0.05, 0.1) is 0 Å². The first kappa shape index (κ1) is 14.4. The molecule has 19 heavy (non-hydrogen) atoms. The van der Waals surface area contributed by atoms with E-state index in [2.05, 4.69) is 5.32 Å². The summed E-state index contributed by atoms with van der Waals surface area (Å²) in [5.41, 5.74) is 0. The molecule has 0 heterocycles. The summed E-state index contributed by atoms with van der Waals surface area (Å²) in [7, 11) is 0. The van der Waals surface area contributed by atoms with E-state index >= 15 is 0 Å². The van der Waals surface area contributed by atoms with Crippen LogP contribution in [0.4, 0.5) is 0 Å². The largest absolute Gasteiger partial charge is 0.481 e. The Morgan fingerprint density at radius 2 is 2.05 bits per heavy atom. The molecule has 4 atom stereocenters. The molecule has 2 rings (SSSR count). The Balaban J connectivity index is 1.60. The third-order valence-electron chi connectivity index (χ3n) is 4.86. The van der Waals surface area contributed by atoms with Crippen molar-refractivity contribution in [2.75, 3.05) is 6.54 Å². The summed E-state index contributed by atoms with van der Waals surface area (Å²) in [6.45, 7) is 2.74. The molecule has 2 saturated carbocycles. The van der Waals surface area contributed by atoms with Crippen LogP contribution in [0.3, 0.4) is 0 Å². The van der Waals surface area contributed by atoms with E-state index in [9.17, 15) is 9.59 Å². The Labute approximate surface area is 115 Å². The van der Waals surface area contributed by atoms with Gasteiger partial charge in [-0.3, -0.25) is 9.59 Å². The van der Waals surface area contributed by atoms with Gasteiger partial charge >= 0.3 is 5.97 Å². The number of hydrogen-bond acceptors (Lipinski definition) is 2. The van der Waals surface area contributed by atoms with Crippen LogP contribution in [-0.2, 0) is 9.59 Å². The first-order valence-corrected chi connectivity index (χ1v) is 7.55. The molecule has 0 spiro atoms. The fourth-order valence-corrected chi connectivity index (χ4v) is 3.65. The Hall–Kier alpha value is -1.06. The second kappa shape index (κ2) is 6.40. The smallest absolute Gasteiger partial charge is 0.303 e. The van der Waals surface area contributed by atoms with Crippen molar-refractivity contribution in [2.24, 2.45) is 23.7 Å². The number of carboxylic acids is 1. The third-order valence-corrected chi connectivity index (χ3v) is 4.86. The number of amides is 1. The van der Waals surface area contributed by atoms with Crippen LogP contribution in [0.1, 0.15) is 51.9 Å². The van der Waals surface area contributed by atoms with E-state index in [1.165, 1.54) is 19.3 Å². The summed E-state index contributed by atoms with van der Waals surface area (Å²) in [6.07, 6.45) is 6.69. The van der Waals surface area contributed by atoms with Crippen molar-refractivity contribution in [2.45, 2.75) is 51.9 Å². The minimum atomic E-state index is -0.738. The number of hydrogen-bond donors (Lipinski definition) is 2. The number of fused-ring (bicyclic) bond motifs is 2. The van der Waals surface area contributed by atoms with Crippen LogP contribution in [0, 0.1) is 23.7 Å². The predicted octanol–water partition coefficient (Wildman–Crippen LogP) is 2.43. The predicted molar refractivity (Wildman–Crippen MR) is 72.6 cm³/mol. The molecular weight excluding hydrogens is 242 g/mol. The summed E-state index contributed by atoms with van der Waals surface area (Å²) in [6, 6.07) is 0. The van der Waals surface area contributed by atoms with Crippen molar-refractivity contribution in [1.29, 1.82) is 0 Å². The second-order valence-corrected chi connectivity index (χ2v) is 6.40. The number of carboxylic acid groups (broad SMARTS) is 1. The molecule has 0 aromatic rings. The highest BCUT2D eigenvalue weighted by molar-refractivity contribution is 5.79. The van der Waals surface area contributed by atoms with Gasteiger partial charge in [0.1, 0.15) is 0 Å². The van der Waals surface area contributed by atoms with Crippen LogP contribution < -0.4 is 5.32 Å². The second-order valence-electron chi connectivity index (χ2n) is 6.40. The number of aliphatic carboxylic acids is 1. The molecule has 2 aliphatic carbocycles. The van der Waals surface area contributed by atoms with Crippen LogP contribution in [-0.4, -0.2) is 23.5 Å². The van der Waals surface area contributed by atoms with E-state index < -0.39 is 5.97 Å². The molecule has 0 aromatic heterocycles. The molecule has 1 amide bonds. The zero-order chi connectivity index (χ0) is 13.8. The maximum atomic E-state index is 12.1. The molecule has 2 bridgehead atoms. The van der Waals surface area contributed by atoms with Gasteiger partial charge in [0, 0.05) is 18.9 Å². The molecule has 2 aliphatic rings. The molecule has 0 radical (unpaired) electrons. The van der Waals surface area contributed by atoms with Gasteiger partial charge in [0.25, 0.3) is 0 Å². The Morgan fingerprint density at radius 3 is 2.63 bits per heavy atom. The van der Waals surface area contributed by atoms with Gasteiger partial charge < -0.3 is 10.4 Å². The lowest BCUT2D eigenvalue weighted by Crippen LogP contribution is -2.34. The van der Waals surface area contributed by atoms with Crippen molar-refractivity contribution in [3.05, 3.63) is 0 Å². The summed E-state index contributed by atoms with van der Waals surface area (Å²) < 4.78 is 0. The van der Waals surface area contributed by atoms with Crippen molar-refractivity contribution in [3.63, 3.8) is 0 Å². The van der Waals surface area contributed by atoms with Crippen molar-refractivity contribution in [1.82, 2.24) is 5.32 Å². The van der Waals surface area contributed by atoms with Crippen LogP contribution in [0.15, 0.2) is 0 Å². The van der Waals surface area contributed by atoms with E-state index in [1.54, 1.807) is 0 Å². The van der Waals surface area contributed by atoms with Crippen molar-refractivity contribution in [3.8, 4) is 0 Å². The highest BCUT2D eigenvalue weighted by Crippen LogP contribution is 2.48. The fraction of sp³-hybridized carbons (Fsp3) is 0.867. The highest BCUT2D eigenvalue weighted by atomic mass is 16.4. The van der Waals surface area contributed by atoms with Gasteiger partial charge in [-0.25, -0.2) is 0 Å². The molecule has 0 aliphatic heterocycles. The van der Waals surface area contributed by atoms with Gasteiger partial charge in [0.2, 0.25) is 5.91 Å². The van der Waals surface area contributed by atoms with Crippen LogP contribution in [0.2, 0.25) is 0 Å². The van der Waals surface area contributed by atoms with Gasteiger partial charge in [-0.2, -0.15) is 0 Å². The average molecular weight is 267 g/mol. The Morgan fingerprint density at radius 1 is 1.26 bits per heavy atom. The first-order chi connectivity index (χ1) is 9.06. The van der Waals surface area contributed by atoms with Crippen LogP contribution >= 0.6 is 0 Å². The standard InChI is InChI=1S/C15H25NO3/c1-10(2-5-14(17)18)6-7-16-15(19)13-9-11-3-4-12(13)8-11/h10-13H,2-9H2,1H3,(H,16,19)(H,17,18). The summed E-state index contributed by atoms with van der Waals surface area (Å²) in [5, 5.41) is 11.7. The zero-order valence-electron chi connectivity index (χ0n) is 11.7. The number of rotatable bonds is 7. The number of nitrogens with one attached hydrogen (secondary N) is 1. The summed E-state index contributed by atoms with van der Waals surface area (Å²) in [5.74, 6) is 1.55. The van der Waals surface area contributed by atoms with Crippen molar-refractivity contribution >= 4 is 11.9 Å². The minimum Gasteiger partial charge on any atom is -0.481 e. The van der Waals surface area contributed by atoms with Gasteiger partial charge in [-0.15, -0.1) is 0 Å². The topological polar surface area (TPSA) is 66.4 Å². The third kappa shape index (κ3) is 3.95. The lowest BCUT2D eigenvalue weighted by atomic mass is 9.88. The Kier molecular flexibility index (Phi) is 4.83. The monoisotopic (exact) mass is 267 g/mol. The van der Waals surface area contributed by atoms with E-state index in [4.69, 9.17) is 5.11 Å². The number of carbonyl (C=O) groups excluding carboxylic acids is 1. The molecule has 4 nitrogen and oxygen atoms in total. The van der Waals surface area contributed by atoms with E-state index in [-0.39, 0.29) is 18.2 Å². The molecule has 2 N–H and O–H groups in total. The lowest BCUT2D eigenvalue weighted by molar-refractivity contribution is -0.137. The first-order valence-electron chi connectivity index (χ1n) is 7.55. The van der Waals surface area contributed by atoms with Gasteiger partial charge in [-0.1, -0.05) is 13.3 Å². The van der Waals surface area contributed by atoms with Gasteiger partial charge in [-0.05, 0) is 49.9 Å². The van der Waals surface area contributed by atoms with E-state index in [1.807, 2.05) is 6.92 Å². The normalized spacial score (nSPS) is 30.3. The maximum absolute atomic E-state index is 12.1. The quantitative estimate of drug-likeness (QED) is 0.744. The van der Waals surface area contributed by atoms with E-state index in [0.29, 0.717) is 24.8 Å². The molecule has 108 valence electrons. The van der Waals surface area contributed by atoms with Crippen LogP contribution in [0.25, 0.3) is 0 Å². The average Bonchev–Trinajstić information content (AvgIpc) is 2.98. The Bertz CT molecular complexity index is 342. The van der Waals surface area contributed by atoms with Crippen molar-refractivity contribution < 1.29 is 14.7 Å². The molecule has 4 heteroatoms.